The molecule has 0 saturated carbocycles. The molecule has 112 valence electrons. The summed E-state index contributed by atoms with van der Waals surface area (Å²) in [6, 6.07) is 13.5. The molecule has 0 aliphatic carbocycles. The highest BCUT2D eigenvalue weighted by Gasteiger charge is 2.10. The zero-order valence-electron chi connectivity index (χ0n) is 14.1. The normalized spacial score (nSPS) is 11.1. The van der Waals surface area contributed by atoms with Crippen molar-refractivity contribution in [3.05, 3.63) is 64.2 Å². The van der Waals surface area contributed by atoms with Crippen molar-refractivity contribution in [2.45, 2.75) is 41.0 Å². The summed E-state index contributed by atoms with van der Waals surface area (Å²) in [5.74, 6) is 0. The molecule has 1 nitrogen and oxygen atoms in total. The van der Waals surface area contributed by atoms with Crippen LogP contribution >= 0.6 is 0 Å². The molecule has 0 spiro atoms. The molecule has 0 atom stereocenters. The third kappa shape index (κ3) is 2.64. The van der Waals surface area contributed by atoms with Crippen LogP contribution in [0.2, 0.25) is 0 Å². The number of aromatic nitrogens is 1. The third-order valence-electron chi connectivity index (χ3n) is 4.39. The van der Waals surface area contributed by atoms with E-state index in [9.17, 15) is 0 Å². The fourth-order valence-corrected chi connectivity index (χ4v) is 3.11. The van der Waals surface area contributed by atoms with Gasteiger partial charge in [0.15, 0.2) is 0 Å². The Bertz CT molecular complexity index is 839. The summed E-state index contributed by atoms with van der Waals surface area (Å²) in [5.41, 5.74) is 9.99. The smallest absolute Gasteiger partial charge is 0.0741 e. The second kappa shape index (κ2) is 5.57. The zero-order chi connectivity index (χ0) is 15.9. The van der Waals surface area contributed by atoms with Crippen LogP contribution in [0.4, 0.5) is 0 Å². The van der Waals surface area contributed by atoms with E-state index < -0.39 is 0 Å². The van der Waals surface area contributed by atoms with Crippen molar-refractivity contribution in [2.75, 3.05) is 0 Å². The molecule has 0 saturated heterocycles. The van der Waals surface area contributed by atoms with Gasteiger partial charge in [-0.05, 0) is 81.1 Å². The minimum Gasteiger partial charge on any atom is -0.247 e. The Morgan fingerprint density at radius 2 is 1.41 bits per heavy atom. The van der Waals surface area contributed by atoms with E-state index in [1.807, 2.05) is 0 Å². The molecule has 0 N–H and O–H groups in total. The molecule has 1 heterocycles. The van der Waals surface area contributed by atoms with Crippen molar-refractivity contribution in [1.29, 1.82) is 0 Å². The fraction of sp³-hybridized carbons (Fsp3) is 0.286. The number of pyridine rings is 1. The summed E-state index contributed by atoms with van der Waals surface area (Å²) in [6.45, 7) is 10.8. The van der Waals surface area contributed by atoms with E-state index in [1.54, 1.807) is 0 Å². The topological polar surface area (TPSA) is 12.9 Å². The Labute approximate surface area is 133 Å². The largest absolute Gasteiger partial charge is 0.247 e. The van der Waals surface area contributed by atoms with Crippen molar-refractivity contribution in [1.82, 2.24) is 4.98 Å². The highest BCUT2D eigenvalue weighted by Crippen LogP contribution is 2.29. The summed E-state index contributed by atoms with van der Waals surface area (Å²) in [5, 5.41) is 1.24. The van der Waals surface area contributed by atoms with E-state index in [-0.39, 0.29) is 0 Å². The van der Waals surface area contributed by atoms with Gasteiger partial charge in [-0.25, -0.2) is 4.98 Å². The van der Waals surface area contributed by atoms with Gasteiger partial charge in [0.05, 0.1) is 11.2 Å². The number of benzene rings is 2. The first-order valence-corrected chi connectivity index (χ1v) is 7.97. The van der Waals surface area contributed by atoms with Gasteiger partial charge in [0.1, 0.15) is 0 Å². The van der Waals surface area contributed by atoms with Crippen LogP contribution in [0.3, 0.4) is 0 Å². The predicted molar refractivity (Wildman–Crippen MR) is 95.5 cm³/mol. The maximum absolute atomic E-state index is 5.00. The summed E-state index contributed by atoms with van der Waals surface area (Å²) < 4.78 is 0. The van der Waals surface area contributed by atoms with Gasteiger partial charge in [-0.1, -0.05) is 24.1 Å². The van der Waals surface area contributed by atoms with Crippen molar-refractivity contribution >= 4 is 10.9 Å². The number of aryl methyl sites for hydroxylation is 5. The summed E-state index contributed by atoms with van der Waals surface area (Å²) >= 11 is 0. The van der Waals surface area contributed by atoms with Crippen LogP contribution in [0.15, 0.2) is 36.4 Å². The van der Waals surface area contributed by atoms with Gasteiger partial charge in [-0.3, -0.25) is 0 Å². The highest BCUT2D eigenvalue weighted by atomic mass is 14.7. The Morgan fingerprint density at radius 1 is 0.773 bits per heavy atom. The van der Waals surface area contributed by atoms with Crippen molar-refractivity contribution in [3.63, 3.8) is 0 Å². The number of hydrogen-bond donors (Lipinski definition) is 0. The van der Waals surface area contributed by atoms with E-state index >= 15 is 0 Å². The standard InChI is InChI=1S/C21H23N/c1-6-17-12-18-10-15(4)16(5)11-20(18)22-21(17)19-8-13(2)7-14(3)9-19/h7-12H,6H2,1-5H3. The lowest BCUT2D eigenvalue weighted by Gasteiger charge is -2.12. The van der Waals surface area contributed by atoms with E-state index in [2.05, 4.69) is 71.0 Å². The van der Waals surface area contributed by atoms with Crippen molar-refractivity contribution in [2.24, 2.45) is 0 Å². The number of fused-ring (bicyclic) bond motifs is 1. The number of rotatable bonds is 2. The van der Waals surface area contributed by atoms with Gasteiger partial charge in [0.25, 0.3) is 0 Å². The first-order chi connectivity index (χ1) is 10.5. The van der Waals surface area contributed by atoms with Crippen molar-refractivity contribution < 1.29 is 0 Å². The molecule has 0 radical (unpaired) electrons. The molecule has 22 heavy (non-hydrogen) atoms. The van der Waals surface area contributed by atoms with E-state index in [1.165, 1.54) is 38.8 Å². The van der Waals surface area contributed by atoms with Crippen LogP contribution in [0.1, 0.15) is 34.7 Å². The van der Waals surface area contributed by atoms with Gasteiger partial charge < -0.3 is 0 Å². The van der Waals surface area contributed by atoms with Crippen LogP contribution < -0.4 is 0 Å². The maximum atomic E-state index is 5.00. The first kappa shape index (κ1) is 14.8. The molecule has 0 aliphatic rings. The van der Waals surface area contributed by atoms with Gasteiger partial charge in [0.2, 0.25) is 0 Å². The Kier molecular flexibility index (Phi) is 3.74. The summed E-state index contributed by atoms with van der Waals surface area (Å²) in [4.78, 5) is 5.00. The van der Waals surface area contributed by atoms with Crippen LogP contribution in [0, 0.1) is 27.7 Å². The van der Waals surface area contributed by atoms with Gasteiger partial charge in [0, 0.05) is 10.9 Å². The third-order valence-corrected chi connectivity index (χ3v) is 4.39. The summed E-state index contributed by atoms with van der Waals surface area (Å²) in [6.07, 6.45) is 0.998. The molecule has 0 bridgehead atoms. The molecular formula is C21H23N. The second-order valence-corrected chi connectivity index (χ2v) is 6.36. The molecule has 3 aromatic rings. The zero-order valence-corrected chi connectivity index (χ0v) is 14.1. The van der Waals surface area contributed by atoms with Crippen LogP contribution in [-0.4, -0.2) is 4.98 Å². The van der Waals surface area contributed by atoms with E-state index in [0.29, 0.717) is 0 Å². The number of nitrogens with zero attached hydrogens (tertiary/aromatic N) is 1. The average Bonchev–Trinajstić information content (AvgIpc) is 2.46. The van der Waals surface area contributed by atoms with Crippen LogP contribution in [0.25, 0.3) is 22.2 Å². The Hall–Kier alpha value is -2.15. The SMILES string of the molecule is CCc1cc2cc(C)c(C)cc2nc1-c1cc(C)cc(C)c1. The van der Waals surface area contributed by atoms with Crippen LogP contribution in [0.5, 0.6) is 0 Å². The van der Waals surface area contributed by atoms with Gasteiger partial charge in [-0.15, -0.1) is 0 Å². The molecular weight excluding hydrogens is 266 g/mol. The number of hydrogen-bond acceptors (Lipinski definition) is 1. The highest BCUT2D eigenvalue weighted by molar-refractivity contribution is 5.85. The molecule has 0 amide bonds. The molecule has 1 aromatic heterocycles. The first-order valence-electron chi connectivity index (χ1n) is 7.97. The monoisotopic (exact) mass is 289 g/mol. The minimum atomic E-state index is 0.998. The summed E-state index contributed by atoms with van der Waals surface area (Å²) in [7, 11) is 0. The Balaban J connectivity index is 2.30. The lowest BCUT2D eigenvalue weighted by Crippen LogP contribution is -1.95. The molecule has 1 heteroatoms. The van der Waals surface area contributed by atoms with E-state index in [0.717, 1.165) is 17.6 Å². The average molecular weight is 289 g/mol. The van der Waals surface area contributed by atoms with E-state index in [4.69, 9.17) is 4.98 Å². The van der Waals surface area contributed by atoms with Crippen LogP contribution in [-0.2, 0) is 6.42 Å². The second-order valence-electron chi connectivity index (χ2n) is 6.36. The lowest BCUT2D eigenvalue weighted by molar-refractivity contribution is 1.12. The molecule has 0 fully saturated rings. The molecule has 0 aliphatic heterocycles. The Morgan fingerprint density at radius 3 is 2.05 bits per heavy atom. The fourth-order valence-electron chi connectivity index (χ4n) is 3.11. The minimum absolute atomic E-state index is 0.998. The lowest BCUT2D eigenvalue weighted by atomic mass is 9.97. The maximum Gasteiger partial charge on any atom is 0.0741 e. The van der Waals surface area contributed by atoms with Gasteiger partial charge in [-0.2, -0.15) is 0 Å². The van der Waals surface area contributed by atoms with Crippen molar-refractivity contribution in [3.8, 4) is 11.3 Å². The molecule has 3 rings (SSSR count). The molecule has 2 aromatic carbocycles. The molecule has 0 unspecified atom stereocenters. The predicted octanol–water partition coefficient (Wildman–Crippen LogP) is 5.70. The quantitative estimate of drug-likeness (QED) is 0.590. The van der Waals surface area contributed by atoms with Gasteiger partial charge >= 0.3 is 0 Å².